The number of imidazole rings is 1. The summed E-state index contributed by atoms with van der Waals surface area (Å²) in [6.07, 6.45) is 5.39. The van der Waals surface area contributed by atoms with Gasteiger partial charge in [-0.15, -0.1) is 0 Å². The first-order valence-electron chi connectivity index (χ1n) is 11.9. The quantitative estimate of drug-likeness (QED) is 0.162. The number of nitrogens with two attached hydrogens (primary N) is 2. The number of nitrogens with one attached hydrogen (secondary N) is 2. The van der Waals surface area contributed by atoms with Crippen molar-refractivity contribution in [3.05, 3.63) is 54.4 Å². The van der Waals surface area contributed by atoms with E-state index >= 15 is 0 Å². The molecular formula is C25H29N9O2. The maximum atomic E-state index is 6.19. The summed E-state index contributed by atoms with van der Waals surface area (Å²) in [7, 11) is 0. The SMILES string of the molecule is CCn1c(-c2nonc2N)nc2c(-c3ccc[nH]3)ncc(OCCCNCCc3ccc(N)cc3)c21. The third-order valence-corrected chi connectivity index (χ3v) is 5.96. The van der Waals surface area contributed by atoms with Crippen molar-refractivity contribution in [3.63, 3.8) is 0 Å². The minimum atomic E-state index is 0.182. The van der Waals surface area contributed by atoms with Crippen molar-refractivity contribution < 1.29 is 9.37 Å². The molecule has 0 spiro atoms. The summed E-state index contributed by atoms with van der Waals surface area (Å²) in [5.41, 5.74) is 17.3. The number of aromatic amines is 1. The number of anilines is 2. The molecule has 0 atom stereocenters. The molecule has 11 nitrogen and oxygen atoms in total. The summed E-state index contributed by atoms with van der Waals surface area (Å²) in [6, 6.07) is 11.9. The van der Waals surface area contributed by atoms with Crippen LogP contribution in [-0.4, -0.2) is 49.5 Å². The van der Waals surface area contributed by atoms with Gasteiger partial charge in [0.1, 0.15) is 16.7 Å². The highest BCUT2D eigenvalue weighted by atomic mass is 16.6. The summed E-state index contributed by atoms with van der Waals surface area (Å²) in [5.74, 6) is 1.39. The number of pyridine rings is 1. The van der Waals surface area contributed by atoms with Crippen molar-refractivity contribution in [2.45, 2.75) is 26.3 Å². The molecule has 36 heavy (non-hydrogen) atoms. The first-order chi connectivity index (χ1) is 17.7. The summed E-state index contributed by atoms with van der Waals surface area (Å²) in [5, 5.41) is 11.1. The second kappa shape index (κ2) is 10.5. The van der Waals surface area contributed by atoms with Crippen LogP contribution in [0.15, 0.2) is 53.4 Å². The van der Waals surface area contributed by atoms with Gasteiger partial charge in [-0.3, -0.25) is 0 Å². The molecule has 5 aromatic rings. The van der Waals surface area contributed by atoms with E-state index in [0.717, 1.165) is 48.5 Å². The van der Waals surface area contributed by atoms with E-state index in [1.54, 1.807) is 6.20 Å². The monoisotopic (exact) mass is 487 g/mol. The Hall–Kier alpha value is -4.38. The molecule has 0 unspecified atom stereocenters. The van der Waals surface area contributed by atoms with E-state index in [1.807, 2.05) is 42.0 Å². The van der Waals surface area contributed by atoms with Crippen molar-refractivity contribution >= 4 is 22.5 Å². The second-order valence-corrected chi connectivity index (χ2v) is 8.37. The third-order valence-electron chi connectivity index (χ3n) is 5.96. The molecule has 11 heteroatoms. The fraction of sp³-hybridized carbons (Fsp3) is 0.280. The van der Waals surface area contributed by atoms with E-state index < -0.39 is 0 Å². The minimum Gasteiger partial charge on any atom is -0.490 e. The Kier molecular flexibility index (Phi) is 6.80. The Morgan fingerprint density at radius 2 is 1.94 bits per heavy atom. The maximum Gasteiger partial charge on any atom is 0.199 e. The van der Waals surface area contributed by atoms with E-state index in [-0.39, 0.29) is 5.82 Å². The lowest BCUT2D eigenvalue weighted by atomic mass is 10.1. The molecule has 0 saturated heterocycles. The number of hydrogen-bond donors (Lipinski definition) is 4. The van der Waals surface area contributed by atoms with Crippen LogP contribution < -0.4 is 21.5 Å². The Balaban J connectivity index is 1.31. The first-order valence-corrected chi connectivity index (χ1v) is 11.9. The number of aromatic nitrogens is 6. The van der Waals surface area contributed by atoms with Crippen LogP contribution in [0, 0.1) is 0 Å². The van der Waals surface area contributed by atoms with Crippen LogP contribution in [0.4, 0.5) is 11.5 Å². The van der Waals surface area contributed by atoms with E-state index in [0.29, 0.717) is 35.9 Å². The van der Waals surface area contributed by atoms with Crippen molar-refractivity contribution in [2.24, 2.45) is 0 Å². The number of benzene rings is 1. The molecule has 0 saturated carbocycles. The normalized spacial score (nSPS) is 11.4. The molecule has 5 rings (SSSR count). The van der Waals surface area contributed by atoms with E-state index in [4.69, 9.17) is 25.8 Å². The first kappa shape index (κ1) is 23.4. The van der Waals surface area contributed by atoms with Gasteiger partial charge in [0.15, 0.2) is 23.1 Å². The predicted octanol–water partition coefficient (Wildman–Crippen LogP) is 3.26. The molecule has 0 bridgehead atoms. The van der Waals surface area contributed by atoms with Gasteiger partial charge in [-0.2, -0.15) is 0 Å². The molecule has 4 heterocycles. The van der Waals surface area contributed by atoms with Gasteiger partial charge in [-0.05, 0) is 73.0 Å². The van der Waals surface area contributed by atoms with Crippen LogP contribution in [-0.2, 0) is 13.0 Å². The standard InChI is InChI=1S/C25H29N9O2/c1-2-34-23-19(35-14-4-11-28-13-10-16-6-8-17(26)9-7-16)15-30-20(18-5-3-12-29-18)21(23)31-25(34)22-24(27)33-36-32-22/h3,5-9,12,15,28-29H,2,4,10-11,13-14,26H2,1H3,(H2,27,33). The number of hydrogen-bond acceptors (Lipinski definition) is 9. The number of ether oxygens (including phenoxy) is 1. The van der Waals surface area contributed by atoms with Crippen LogP contribution >= 0.6 is 0 Å². The summed E-state index contributed by atoms with van der Waals surface area (Å²) in [4.78, 5) is 12.7. The predicted molar refractivity (Wildman–Crippen MR) is 138 cm³/mol. The van der Waals surface area contributed by atoms with E-state index in [9.17, 15) is 0 Å². The molecule has 0 aliphatic rings. The number of nitrogen functional groups attached to an aromatic ring is 2. The molecule has 0 fully saturated rings. The second-order valence-electron chi connectivity index (χ2n) is 8.37. The van der Waals surface area contributed by atoms with Gasteiger partial charge in [-0.1, -0.05) is 12.1 Å². The molecule has 1 aromatic carbocycles. The number of H-pyrrole nitrogens is 1. The zero-order valence-corrected chi connectivity index (χ0v) is 20.1. The van der Waals surface area contributed by atoms with Crippen molar-refractivity contribution in [1.82, 2.24) is 35.1 Å². The fourth-order valence-corrected chi connectivity index (χ4v) is 4.15. The van der Waals surface area contributed by atoms with Crippen molar-refractivity contribution in [3.8, 4) is 28.7 Å². The molecule has 0 amide bonds. The lowest BCUT2D eigenvalue weighted by Gasteiger charge is -2.12. The van der Waals surface area contributed by atoms with Gasteiger partial charge in [0.2, 0.25) is 0 Å². The van der Waals surface area contributed by atoms with Crippen LogP contribution in [0.1, 0.15) is 18.9 Å². The molecule has 0 aliphatic heterocycles. The average Bonchev–Trinajstić information content (AvgIpc) is 3.64. The van der Waals surface area contributed by atoms with Crippen molar-refractivity contribution in [2.75, 3.05) is 31.2 Å². The van der Waals surface area contributed by atoms with E-state index in [2.05, 4.69) is 37.7 Å². The topological polar surface area (TPSA) is 159 Å². The number of aryl methyl sites for hydroxylation is 1. The van der Waals surface area contributed by atoms with Gasteiger partial charge < -0.3 is 31.1 Å². The fourth-order valence-electron chi connectivity index (χ4n) is 4.15. The number of fused-ring (bicyclic) bond motifs is 1. The van der Waals surface area contributed by atoms with Crippen LogP contribution in [0.3, 0.4) is 0 Å². The molecule has 0 radical (unpaired) electrons. The van der Waals surface area contributed by atoms with Gasteiger partial charge in [0.25, 0.3) is 0 Å². The molecule has 186 valence electrons. The molecular weight excluding hydrogens is 458 g/mol. The van der Waals surface area contributed by atoms with Crippen molar-refractivity contribution in [1.29, 1.82) is 0 Å². The molecule has 0 aliphatic carbocycles. The molecule has 4 aromatic heterocycles. The van der Waals surface area contributed by atoms with E-state index in [1.165, 1.54) is 5.56 Å². The van der Waals surface area contributed by atoms with Crippen LogP contribution in [0.25, 0.3) is 33.9 Å². The van der Waals surface area contributed by atoms with Gasteiger partial charge >= 0.3 is 0 Å². The summed E-state index contributed by atoms with van der Waals surface area (Å²) in [6.45, 7) is 4.91. The van der Waals surface area contributed by atoms with Crippen LogP contribution in [0.5, 0.6) is 5.75 Å². The summed E-state index contributed by atoms with van der Waals surface area (Å²) >= 11 is 0. The average molecular weight is 488 g/mol. The highest BCUT2D eigenvalue weighted by Crippen LogP contribution is 2.36. The maximum absolute atomic E-state index is 6.19. The Bertz CT molecular complexity index is 1420. The zero-order valence-electron chi connectivity index (χ0n) is 20.1. The zero-order chi connectivity index (χ0) is 24.9. The smallest absolute Gasteiger partial charge is 0.199 e. The summed E-state index contributed by atoms with van der Waals surface area (Å²) < 4.78 is 13.0. The largest absolute Gasteiger partial charge is 0.490 e. The third kappa shape index (κ3) is 4.73. The molecule has 6 N–H and O–H groups in total. The van der Waals surface area contributed by atoms with Gasteiger partial charge in [-0.25, -0.2) is 14.6 Å². The Labute approximate surface area is 207 Å². The number of rotatable bonds is 11. The number of nitrogens with zero attached hydrogens (tertiary/aromatic N) is 5. The lowest BCUT2D eigenvalue weighted by molar-refractivity contribution is 0.309. The highest BCUT2D eigenvalue weighted by molar-refractivity contribution is 5.95. The Morgan fingerprint density at radius 1 is 1.08 bits per heavy atom. The van der Waals surface area contributed by atoms with Gasteiger partial charge in [0, 0.05) is 18.4 Å². The Morgan fingerprint density at radius 3 is 2.67 bits per heavy atom. The highest BCUT2D eigenvalue weighted by Gasteiger charge is 2.24. The van der Waals surface area contributed by atoms with Gasteiger partial charge in [0.05, 0.1) is 18.5 Å². The lowest BCUT2D eigenvalue weighted by Crippen LogP contribution is -2.20. The minimum absolute atomic E-state index is 0.182. The van der Waals surface area contributed by atoms with Crippen LogP contribution in [0.2, 0.25) is 0 Å².